The molecular weight excluding hydrogens is 288 g/mol. The Bertz CT molecular complexity index is 604. The summed E-state index contributed by atoms with van der Waals surface area (Å²) in [4.78, 5) is 24.3. The number of amides is 1. The number of aromatic nitrogens is 1. The Morgan fingerprint density at radius 2 is 2.19 bits per heavy atom. The molecule has 2 aromatic rings. The van der Waals surface area contributed by atoms with Crippen molar-refractivity contribution < 1.29 is 14.7 Å². The number of thiophene rings is 1. The summed E-state index contributed by atoms with van der Waals surface area (Å²) >= 11 is 1.61. The lowest BCUT2D eigenvalue weighted by Crippen LogP contribution is -2.30. The van der Waals surface area contributed by atoms with Crippen molar-refractivity contribution in [3.63, 3.8) is 0 Å². The Kier molecular flexibility index (Phi) is 5.16. The van der Waals surface area contributed by atoms with Crippen LogP contribution >= 0.6 is 11.3 Å². The predicted octanol–water partition coefficient (Wildman–Crippen LogP) is 2.91. The van der Waals surface area contributed by atoms with E-state index < -0.39 is 5.97 Å². The zero-order chi connectivity index (χ0) is 15.2. The van der Waals surface area contributed by atoms with Crippen LogP contribution in [0.15, 0.2) is 35.8 Å². The quantitative estimate of drug-likeness (QED) is 0.826. The average Bonchev–Trinajstić information content (AvgIpc) is 3.08. The van der Waals surface area contributed by atoms with Crippen molar-refractivity contribution >= 4 is 23.2 Å². The van der Waals surface area contributed by atoms with E-state index in [1.54, 1.807) is 29.7 Å². The van der Waals surface area contributed by atoms with Crippen LogP contribution in [0.1, 0.15) is 41.2 Å². The van der Waals surface area contributed by atoms with Crippen LogP contribution in [-0.4, -0.2) is 21.6 Å². The number of carbonyl (C=O) groups is 2. The zero-order valence-electron chi connectivity index (χ0n) is 11.8. The van der Waals surface area contributed by atoms with Crippen LogP contribution in [0.3, 0.4) is 0 Å². The highest BCUT2D eigenvalue weighted by atomic mass is 32.1. The van der Waals surface area contributed by atoms with Crippen molar-refractivity contribution in [3.8, 4) is 0 Å². The summed E-state index contributed by atoms with van der Waals surface area (Å²) in [5.74, 6) is -1.21. The number of hydrogen-bond donors (Lipinski definition) is 2. The molecule has 5 nitrogen and oxygen atoms in total. The summed E-state index contributed by atoms with van der Waals surface area (Å²) in [6.07, 6.45) is 3.41. The van der Waals surface area contributed by atoms with Gasteiger partial charge < -0.3 is 15.0 Å². The van der Waals surface area contributed by atoms with Crippen LogP contribution in [0.4, 0.5) is 0 Å². The van der Waals surface area contributed by atoms with Crippen LogP contribution in [0.25, 0.3) is 0 Å². The molecule has 1 amide bonds. The van der Waals surface area contributed by atoms with Gasteiger partial charge in [0.05, 0.1) is 6.04 Å². The molecule has 6 heteroatoms. The summed E-state index contributed by atoms with van der Waals surface area (Å²) < 4.78 is 1.44. The van der Waals surface area contributed by atoms with Crippen LogP contribution in [0.5, 0.6) is 0 Å². The Morgan fingerprint density at radius 3 is 2.81 bits per heavy atom. The summed E-state index contributed by atoms with van der Waals surface area (Å²) in [6, 6.07) is 7.24. The largest absolute Gasteiger partial charge is 0.480 e. The smallest absolute Gasteiger partial charge is 0.323 e. The van der Waals surface area contributed by atoms with Crippen LogP contribution in [-0.2, 0) is 11.3 Å². The van der Waals surface area contributed by atoms with E-state index in [0.29, 0.717) is 5.69 Å². The summed E-state index contributed by atoms with van der Waals surface area (Å²) in [5, 5.41) is 13.8. The van der Waals surface area contributed by atoms with E-state index in [1.807, 2.05) is 17.5 Å². The lowest BCUT2D eigenvalue weighted by atomic mass is 10.1. The molecule has 0 radical (unpaired) electrons. The molecule has 0 aliphatic carbocycles. The molecule has 0 fully saturated rings. The third kappa shape index (κ3) is 3.95. The van der Waals surface area contributed by atoms with Gasteiger partial charge >= 0.3 is 5.97 Å². The zero-order valence-corrected chi connectivity index (χ0v) is 12.6. The maximum atomic E-state index is 12.4. The van der Waals surface area contributed by atoms with Gasteiger partial charge in [-0.1, -0.05) is 19.4 Å². The lowest BCUT2D eigenvalue weighted by Gasteiger charge is -2.17. The minimum absolute atomic E-state index is 0.0318. The summed E-state index contributed by atoms with van der Waals surface area (Å²) in [5.41, 5.74) is 0.370. The van der Waals surface area contributed by atoms with Crippen molar-refractivity contribution in [2.24, 2.45) is 0 Å². The Hall–Kier alpha value is -2.08. The van der Waals surface area contributed by atoms with Gasteiger partial charge in [0.15, 0.2) is 0 Å². The van der Waals surface area contributed by atoms with E-state index >= 15 is 0 Å². The second-order valence-corrected chi connectivity index (χ2v) is 5.72. The molecule has 1 atom stereocenters. The van der Waals surface area contributed by atoms with Crippen molar-refractivity contribution in [1.82, 2.24) is 9.88 Å². The number of carboxylic acids is 1. The van der Waals surface area contributed by atoms with E-state index in [1.165, 1.54) is 4.57 Å². The predicted molar refractivity (Wildman–Crippen MR) is 81.5 cm³/mol. The number of nitrogens with zero attached hydrogens (tertiary/aromatic N) is 1. The number of carboxylic acid groups (broad SMARTS) is 1. The SMILES string of the molecule is CCCC(NC(=O)c1cccn1CC(=O)O)c1cccs1. The maximum Gasteiger partial charge on any atom is 0.323 e. The first kappa shape index (κ1) is 15.3. The second-order valence-electron chi connectivity index (χ2n) is 4.75. The molecule has 0 spiro atoms. The summed E-state index contributed by atoms with van der Waals surface area (Å²) in [7, 11) is 0. The standard InChI is InChI=1S/C15H18N2O3S/c1-2-5-11(13-7-4-9-21-13)16-15(20)12-6-3-8-17(12)10-14(18)19/h3-4,6-9,11H,2,5,10H2,1H3,(H,16,20)(H,18,19). The minimum atomic E-state index is -0.969. The van der Waals surface area contributed by atoms with Gasteiger partial charge in [0.1, 0.15) is 12.2 Å². The molecule has 2 rings (SSSR count). The lowest BCUT2D eigenvalue weighted by molar-refractivity contribution is -0.137. The Morgan fingerprint density at radius 1 is 1.38 bits per heavy atom. The second kappa shape index (κ2) is 7.08. The third-order valence-corrected chi connectivity index (χ3v) is 4.12. The van der Waals surface area contributed by atoms with Crippen molar-refractivity contribution in [3.05, 3.63) is 46.4 Å². The first-order valence-electron chi connectivity index (χ1n) is 6.83. The maximum absolute atomic E-state index is 12.4. The third-order valence-electron chi connectivity index (χ3n) is 3.14. The Balaban J connectivity index is 2.12. The normalized spacial score (nSPS) is 12.0. The van der Waals surface area contributed by atoms with Gasteiger partial charge in [-0.2, -0.15) is 0 Å². The molecule has 0 aliphatic rings. The van der Waals surface area contributed by atoms with Gasteiger partial charge in [0.2, 0.25) is 0 Å². The van der Waals surface area contributed by atoms with Gasteiger partial charge in [-0.15, -0.1) is 11.3 Å². The molecule has 112 valence electrons. The van der Waals surface area contributed by atoms with Crippen molar-refractivity contribution in [2.45, 2.75) is 32.4 Å². The van der Waals surface area contributed by atoms with E-state index in [9.17, 15) is 9.59 Å². The number of carbonyl (C=O) groups excluding carboxylic acids is 1. The number of nitrogens with one attached hydrogen (secondary N) is 1. The molecule has 0 saturated heterocycles. The number of rotatable bonds is 7. The van der Waals surface area contributed by atoms with E-state index in [-0.39, 0.29) is 18.5 Å². The molecule has 0 aliphatic heterocycles. The molecule has 0 aromatic carbocycles. The summed E-state index contributed by atoms with van der Waals surface area (Å²) in [6.45, 7) is 1.85. The fourth-order valence-corrected chi connectivity index (χ4v) is 3.01. The van der Waals surface area contributed by atoms with Gasteiger partial charge in [-0.3, -0.25) is 9.59 Å². The van der Waals surface area contributed by atoms with Crippen LogP contribution in [0, 0.1) is 0 Å². The highest BCUT2D eigenvalue weighted by molar-refractivity contribution is 7.10. The molecular formula is C15H18N2O3S. The number of hydrogen-bond acceptors (Lipinski definition) is 3. The fourth-order valence-electron chi connectivity index (χ4n) is 2.20. The topological polar surface area (TPSA) is 71.3 Å². The van der Waals surface area contributed by atoms with Crippen molar-refractivity contribution in [2.75, 3.05) is 0 Å². The van der Waals surface area contributed by atoms with Gasteiger partial charge in [-0.25, -0.2) is 0 Å². The molecule has 2 N–H and O–H groups in total. The van der Waals surface area contributed by atoms with E-state index in [0.717, 1.165) is 17.7 Å². The number of aliphatic carboxylic acids is 1. The molecule has 1 unspecified atom stereocenters. The first-order valence-corrected chi connectivity index (χ1v) is 7.71. The van der Waals surface area contributed by atoms with E-state index in [2.05, 4.69) is 12.2 Å². The highest BCUT2D eigenvalue weighted by Gasteiger charge is 2.18. The monoisotopic (exact) mass is 306 g/mol. The van der Waals surface area contributed by atoms with Crippen LogP contribution in [0.2, 0.25) is 0 Å². The molecule has 21 heavy (non-hydrogen) atoms. The fraction of sp³-hybridized carbons (Fsp3) is 0.333. The Labute approximate surface area is 127 Å². The molecule has 0 bridgehead atoms. The van der Waals surface area contributed by atoms with Gasteiger partial charge in [-0.05, 0) is 30.0 Å². The molecule has 2 aromatic heterocycles. The minimum Gasteiger partial charge on any atom is -0.480 e. The first-order chi connectivity index (χ1) is 10.1. The van der Waals surface area contributed by atoms with Crippen molar-refractivity contribution in [1.29, 1.82) is 0 Å². The van der Waals surface area contributed by atoms with Gasteiger partial charge in [0, 0.05) is 11.1 Å². The van der Waals surface area contributed by atoms with Crippen LogP contribution < -0.4 is 5.32 Å². The molecule has 0 saturated carbocycles. The highest BCUT2D eigenvalue weighted by Crippen LogP contribution is 2.23. The molecule has 2 heterocycles. The van der Waals surface area contributed by atoms with E-state index in [4.69, 9.17) is 5.11 Å². The van der Waals surface area contributed by atoms with Gasteiger partial charge in [0.25, 0.3) is 5.91 Å². The average molecular weight is 306 g/mol.